The van der Waals surface area contributed by atoms with Crippen molar-refractivity contribution >= 4 is 6.09 Å². The molecule has 102 valence electrons. The molecule has 0 bridgehead atoms. The number of ether oxygens (including phenoxy) is 1. The normalized spacial score (nSPS) is 20.2. The summed E-state index contributed by atoms with van der Waals surface area (Å²) in [4.78, 5) is 13.1. The first-order valence-electron chi connectivity index (χ1n) is 6.50. The second-order valence-corrected chi connectivity index (χ2v) is 4.67. The second kappa shape index (κ2) is 6.38. The number of allylic oxidation sites excluding steroid dienone is 1. The van der Waals surface area contributed by atoms with Crippen LogP contribution in [-0.2, 0) is 11.2 Å². The van der Waals surface area contributed by atoms with Gasteiger partial charge in [-0.05, 0) is 24.8 Å². The molecule has 1 aliphatic rings. The van der Waals surface area contributed by atoms with Crippen molar-refractivity contribution in [3.8, 4) is 0 Å². The number of cyclic esters (lactones) is 1. The van der Waals surface area contributed by atoms with Gasteiger partial charge >= 0.3 is 6.09 Å². The van der Waals surface area contributed by atoms with E-state index in [9.17, 15) is 9.90 Å². The minimum atomic E-state index is -0.804. The molecule has 1 aromatic carbocycles. The quantitative estimate of drug-likeness (QED) is 0.800. The molecule has 0 saturated carbocycles. The van der Waals surface area contributed by atoms with Gasteiger partial charge in [0, 0.05) is 0 Å². The first-order valence-corrected chi connectivity index (χ1v) is 6.50. The number of carbonyl (C=O) groups excluding carboxylic acids is 1. The molecule has 1 aromatic rings. The van der Waals surface area contributed by atoms with Gasteiger partial charge in [-0.25, -0.2) is 4.79 Å². The van der Waals surface area contributed by atoms with Gasteiger partial charge in [0.1, 0.15) is 12.8 Å². The highest BCUT2D eigenvalue weighted by atomic mass is 16.6. The molecule has 0 radical (unpaired) electrons. The first kappa shape index (κ1) is 13.6. The molecule has 1 fully saturated rings. The zero-order valence-electron chi connectivity index (χ0n) is 10.9. The minimum absolute atomic E-state index is 0.102. The highest BCUT2D eigenvalue weighted by molar-refractivity contribution is 5.70. The van der Waals surface area contributed by atoms with Gasteiger partial charge in [-0.3, -0.25) is 4.90 Å². The Kier molecular flexibility index (Phi) is 4.58. The van der Waals surface area contributed by atoms with Crippen molar-refractivity contribution in [2.75, 3.05) is 6.61 Å². The highest BCUT2D eigenvalue weighted by Gasteiger charge is 2.36. The van der Waals surface area contributed by atoms with Gasteiger partial charge in [0.05, 0.1) is 6.04 Å². The maximum atomic E-state index is 11.7. The van der Waals surface area contributed by atoms with E-state index < -0.39 is 12.3 Å². The first-order chi connectivity index (χ1) is 9.22. The Morgan fingerprint density at radius 1 is 1.47 bits per heavy atom. The zero-order chi connectivity index (χ0) is 13.7. The van der Waals surface area contributed by atoms with Gasteiger partial charge in [0.25, 0.3) is 0 Å². The fraction of sp³-hybridized carbons (Fsp3) is 0.400. The average molecular weight is 261 g/mol. The Balaban J connectivity index is 2.02. The molecule has 0 aliphatic carbocycles. The summed E-state index contributed by atoms with van der Waals surface area (Å²) >= 11 is 0. The number of aliphatic hydroxyl groups is 1. The molecule has 1 aliphatic heterocycles. The Labute approximate surface area is 113 Å². The Morgan fingerprint density at radius 3 is 2.89 bits per heavy atom. The maximum absolute atomic E-state index is 11.7. The third-order valence-electron chi connectivity index (χ3n) is 3.27. The smallest absolute Gasteiger partial charge is 0.412 e. The predicted octanol–water partition coefficient (Wildman–Crippen LogP) is 2.33. The number of carbonyl (C=O) groups is 1. The Morgan fingerprint density at radius 2 is 2.21 bits per heavy atom. The maximum Gasteiger partial charge on any atom is 0.412 e. The number of hydrogen-bond donors (Lipinski definition) is 1. The third-order valence-corrected chi connectivity index (χ3v) is 3.27. The lowest BCUT2D eigenvalue weighted by Crippen LogP contribution is -2.43. The lowest BCUT2D eigenvalue weighted by molar-refractivity contribution is 0.0142. The van der Waals surface area contributed by atoms with Crippen LogP contribution < -0.4 is 0 Å². The lowest BCUT2D eigenvalue weighted by Gasteiger charge is -2.26. The molecule has 4 heteroatoms. The summed E-state index contributed by atoms with van der Waals surface area (Å²) in [7, 11) is 0. The molecule has 2 atom stereocenters. The van der Waals surface area contributed by atoms with E-state index in [1.807, 2.05) is 30.3 Å². The molecule has 1 N–H and O–H groups in total. The summed E-state index contributed by atoms with van der Waals surface area (Å²) < 4.78 is 5.05. The average Bonchev–Trinajstić information content (AvgIpc) is 2.78. The van der Waals surface area contributed by atoms with Crippen LogP contribution in [0.1, 0.15) is 18.4 Å². The van der Waals surface area contributed by atoms with Crippen LogP contribution in [0.15, 0.2) is 43.0 Å². The number of rotatable bonds is 6. The van der Waals surface area contributed by atoms with E-state index in [1.165, 1.54) is 4.90 Å². The van der Waals surface area contributed by atoms with Gasteiger partial charge in [-0.1, -0.05) is 36.4 Å². The van der Waals surface area contributed by atoms with Crippen molar-refractivity contribution in [1.82, 2.24) is 4.90 Å². The van der Waals surface area contributed by atoms with Crippen LogP contribution >= 0.6 is 0 Å². The van der Waals surface area contributed by atoms with E-state index in [0.29, 0.717) is 25.9 Å². The number of nitrogens with zero attached hydrogens (tertiary/aromatic N) is 1. The van der Waals surface area contributed by atoms with Crippen molar-refractivity contribution in [1.29, 1.82) is 0 Å². The van der Waals surface area contributed by atoms with Crippen LogP contribution in [0.3, 0.4) is 0 Å². The van der Waals surface area contributed by atoms with E-state index >= 15 is 0 Å². The zero-order valence-corrected chi connectivity index (χ0v) is 10.9. The lowest BCUT2D eigenvalue weighted by atomic mass is 10.1. The van der Waals surface area contributed by atoms with Crippen LogP contribution in [0.5, 0.6) is 0 Å². The molecular weight excluding hydrogens is 242 g/mol. The van der Waals surface area contributed by atoms with E-state index in [2.05, 4.69) is 6.58 Å². The fourth-order valence-electron chi connectivity index (χ4n) is 2.29. The summed E-state index contributed by atoms with van der Waals surface area (Å²) in [6.45, 7) is 3.95. The van der Waals surface area contributed by atoms with Crippen molar-refractivity contribution in [2.45, 2.75) is 31.5 Å². The van der Waals surface area contributed by atoms with Gasteiger partial charge in [0.15, 0.2) is 0 Å². The molecule has 4 nitrogen and oxygen atoms in total. The third kappa shape index (κ3) is 3.35. The SMILES string of the molecule is C=CCCC(O)N1C(=O)OCC1Cc1ccccc1. The molecule has 0 spiro atoms. The topological polar surface area (TPSA) is 49.8 Å². The monoisotopic (exact) mass is 261 g/mol. The minimum Gasteiger partial charge on any atom is -0.447 e. The van der Waals surface area contributed by atoms with Gasteiger partial charge < -0.3 is 9.84 Å². The van der Waals surface area contributed by atoms with Crippen LogP contribution in [-0.4, -0.2) is 35.0 Å². The van der Waals surface area contributed by atoms with E-state index in [-0.39, 0.29) is 6.04 Å². The highest BCUT2D eigenvalue weighted by Crippen LogP contribution is 2.21. The van der Waals surface area contributed by atoms with E-state index in [4.69, 9.17) is 4.74 Å². The Bertz CT molecular complexity index is 432. The van der Waals surface area contributed by atoms with Crippen molar-refractivity contribution in [2.24, 2.45) is 0 Å². The van der Waals surface area contributed by atoms with E-state index in [1.54, 1.807) is 6.08 Å². The van der Waals surface area contributed by atoms with Crippen molar-refractivity contribution in [3.05, 3.63) is 48.6 Å². The van der Waals surface area contributed by atoms with Crippen LogP contribution in [0.4, 0.5) is 4.79 Å². The van der Waals surface area contributed by atoms with Crippen LogP contribution in [0, 0.1) is 0 Å². The molecule has 1 saturated heterocycles. The van der Waals surface area contributed by atoms with Gasteiger partial charge in [-0.2, -0.15) is 0 Å². The summed E-state index contributed by atoms with van der Waals surface area (Å²) in [5, 5.41) is 10.1. The second-order valence-electron chi connectivity index (χ2n) is 4.67. The summed E-state index contributed by atoms with van der Waals surface area (Å²) in [5.74, 6) is 0. The number of hydrogen-bond acceptors (Lipinski definition) is 3. The molecular formula is C15H19NO3. The molecule has 2 unspecified atom stereocenters. The molecule has 2 rings (SSSR count). The number of amides is 1. The molecule has 19 heavy (non-hydrogen) atoms. The standard InChI is InChI=1S/C15H19NO3/c1-2-3-9-14(17)16-13(11-19-15(16)18)10-12-7-5-4-6-8-12/h2,4-8,13-14,17H,1,3,9-11H2. The molecule has 1 heterocycles. The Hall–Kier alpha value is -1.81. The van der Waals surface area contributed by atoms with Crippen molar-refractivity contribution < 1.29 is 14.6 Å². The van der Waals surface area contributed by atoms with Crippen molar-refractivity contribution in [3.63, 3.8) is 0 Å². The molecule has 1 amide bonds. The molecule has 0 aromatic heterocycles. The summed E-state index contributed by atoms with van der Waals surface area (Å²) in [6.07, 6.45) is 2.35. The summed E-state index contributed by atoms with van der Waals surface area (Å²) in [5.41, 5.74) is 1.13. The van der Waals surface area contributed by atoms with Crippen LogP contribution in [0.25, 0.3) is 0 Å². The largest absolute Gasteiger partial charge is 0.447 e. The van der Waals surface area contributed by atoms with Crippen LogP contribution in [0.2, 0.25) is 0 Å². The number of benzene rings is 1. The fourth-order valence-corrected chi connectivity index (χ4v) is 2.29. The van der Waals surface area contributed by atoms with Gasteiger partial charge in [0.2, 0.25) is 0 Å². The van der Waals surface area contributed by atoms with Gasteiger partial charge in [-0.15, -0.1) is 6.58 Å². The van der Waals surface area contributed by atoms with E-state index in [0.717, 1.165) is 5.56 Å². The summed E-state index contributed by atoms with van der Waals surface area (Å²) in [6, 6.07) is 9.80. The predicted molar refractivity (Wildman–Crippen MR) is 72.6 cm³/mol. The number of aliphatic hydroxyl groups excluding tert-OH is 1.